The molecule has 1 aromatic heterocycles. The number of nitrogens with one attached hydrogen (secondary N) is 1. The van der Waals surface area contributed by atoms with Crippen LogP contribution in [0.4, 0.5) is 5.69 Å². The SMILES string of the molecule is Cc1csc(C2(NS(=O)(=O)c3ccc([N+](=O)[O-])cc3C)CCCC2)n1. The van der Waals surface area contributed by atoms with Gasteiger partial charge in [-0.2, -0.15) is 4.72 Å². The van der Waals surface area contributed by atoms with Crippen molar-refractivity contribution < 1.29 is 13.3 Å². The lowest BCUT2D eigenvalue weighted by atomic mass is 10.0. The molecule has 0 bridgehead atoms. The fourth-order valence-electron chi connectivity index (χ4n) is 3.27. The average molecular weight is 381 g/mol. The number of nitrogens with zero attached hydrogens (tertiary/aromatic N) is 2. The Morgan fingerprint density at radius 1 is 1.28 bits per heavy atom. The Hall–Kier alpha value is -1.84. The molecule has 0 spiro atoms. The molecule has 0 amide bonds. The quantitative estimate of drug-likeness (QED) is 0.631. The molecular formula is C16H19N3O4S2. The molecule has 0 atom stereocenters. The third kappa shape index (κ3) is 3.44. The van der Waals surface area contributed by atoms with Gasteiger partial charge in [-0.3, -0.25) is 10.1 Å². The van der Waals surface area contributed by atoms with Crippen LogP contribution in [0.15, 0.2) is 28.5 Å². The van der Waals surface area contributed by atoms with Crippen molar-refractivity contribution in [3.8, 4) is 0 Å². The molecule has 0 radical (unpaired) electrons. The summed E-state index contributed by atoms with van der Waals surface area (Å²) < 4.78 is 28.8. The van der Waals surface area contributed by atoms with Crippen LogP contribution in [0.5, 0.6) is 0 Å². The standard InChI is InChI=1S/C16H19N3O4S2/c1-11-9-13(19(20)21)5-6-14(11)25(22,23)18-16(7-3-4-8-16)15-17-12(2)10-24-15/h5-6,9-10,18H,3-4,7-8H2,1-2H3. The van der Waals surface area contributed by atoms with E-state index in [4.69, 9.17) is 0 Å². The van der Waals surface area contributed by atoms with Crippen molar-refractivity contribution in [2.45, 2.75) is 50.0 Å². The van der Waals surface area contributed by atoms with Gasteiger partial charge >= 0.3 is 0 Å². The highest BCUT2D eigenvalue weighted by Crippen LogP contribution is 2.41. The van der Waals surface area contributed by atoms with Gasteiger partial charge in [0.1, 0.15) is 5.01 Å². The van der Waals surface area contributed by atoms with Crippen LogP contribution in [0.25, 0.3) is 0 Å². The summed E-state index contributed by atoms with van der Waals surface area (Å²) in [6, 6.07) is 3.80. The molecule has 0 unspecified atom stereocenters. The van der Waals surface area contributed by atoms with E-state index in [9.17, 15) is 18.5 Å². The lowest BCUT2D eigenvalue weighted by Gasteiger charge is -2.28. The molecule has 1 heterocycles. The summed E-state index contributed by atoms with van der Waals surface area (Å²) in [5.74, 6) is 0. The van der Waals surface area contributed by atoms with Crippen molar-refractivity contribution in [2.75, 3.05) is 0 Å². The number of hydrogen-bond acceptors (Lipinski definition) is 6. The molecule has 1 saturated carbocycles. The van der Waals surface area contributed by atoms with Gasteiger partial charge in [0, 0.05) is 23.2 Å². The van der Waals surface area contributed by atoms with Gasteiger partial charge in [0.05, 0.1) is 15.4 Å². The second-order valence-corrected chi connectivity index (χ2v) is 8.90. The van der Waals surface area contributed by atoms with Gasteiger partial charge in [-0.1, -0.05) is 12.8 Å². The van der Waals surface area contributed by atoms with Crippen molar-refractivity contribution in [2.24, 2.45) is 0 Å². The van der Waals surface area contributed by atoms with E-state index >= 15 is 0 Å². The topological polar surface area (TPSA) is 102 Å². The van der Waals surface area contributed by atoms with Crippen molar-refractivity contribution in [1.82, 2.24) is 9.71 Å². The van der Waals surface area contributed by atoms with Crippen LogP contribution in [0, 0.1) is 24.0 Å². The lowest BCUT2D eigenvalue weighted by molar-refractivity contribution is -0.385. The fourth-order valence-corrected chi connectivity index (χ4v) is 6.00. The second-order valence-electron chi connectivity index (χ2n) is 6.40. The molecule has 134 valence electrons. The van der Waals surface area contributed by atoms with Crippen LogP contribution in [0.3, 0.4) is 0 Å². The minimum absolute atomic E-state index is 0.0673. The molecule has 3 rings (SSSR count). The first-order valence-corrected chi connectivity index (χ1v) is 10.3. The van der Waals surface area contributed by atoms with E-state index in [1.54, 1.807) is 6.92 Å². The molecule has 9 heteroatoms. The van der Waals surface area contributed by atoms with Crippen LogP contribution < -0.4 is 4.72 Å². The molecule has 1 aromatic carbocycles. The highest BCUT2D eigenvalue weighted by atomic mass is 32.2. The maximum Gasteiger partial charge on any atom is 0.269 e. The maximum absolute atomic E-state index is 13.0. The van der Waals surface area contributed by atoms with E-state index in [2.05, 4.69) is 9.71 Å². The van der Waals surface area contributed by atoms with Crippen LogP contribution in [-0.4, -0.2) is 18.3 Å². The van der Waals surface area contributed by atoms with Crippen molar-refractivity contribution >= 4 is 27.0 Å². The molecule has 1 fully saturated rings. The number of non-ortho nitro benzene ring substituents is 1. The summed E-state index contributed by atoms with van der Waals surface area (Å²) in [4.78, 5) is 14.9. The first-order chi connectivity index (χ1) is 11.7. The molecule has 1 aliphatic carbocycles. The Labute approximate surface area is 150 Å². The Bertz CT molecular complexity index is 915. The van der Waals surface area contributed by atoms with Crippen molar-refractivity contribution in [3.63, 3.8) is 0 Å². The fraction of sp³-hybridized carbons (Fsp3) is 0.438. The van der Waals surface area contributed by atoms with Crippen molar-refractivity contribution in [3.05, 3.63) is 50.0 Å². The largest absolute Gasteiger partial charge is 0.269 e. The summed E-state index contributed by atoms with van der Waals surface area (Å²) in [5, 5.41) is 13.6. The number of benzene rings is 1. The molecule has 1 N–H and O–H groups in total. The number of hydrogen-bond donors (Lipinski definition) is 1. The average Bonchev–Trinajstić information content (AvgIpc) is 3.16. The number of nitro groups is 1. The first-order valence-electron chi connectivity index (χ1n) is 7.95. The van der Waals surface area contributed by atoms with Gasteiger partial charge in [-0.05, 0) is 38.3 Å². The Balaban J connectivity index is 1.98. The lowest BCUT2D eigenvalue weighted by Crippen LogP contribution is -2.43. The van der Waals surface area contributed by atoms with Gasteiger partial charge in [0.2, 0.25) is 10.0 Å². The normalized spacial score (nSPS) is 16.9. The Morgan fingerprint density at radius 3 is 2.48 bits per heavy atom. The Morgan fingerprint density at radius 2 is 1.96 bits per heavy atom. The first kappa shape index (κ1) is 18.0. The third-order valence-corrected chi connectivity index (χ3v) is 7.33. The van der Waals surface area contributed by atoms with Crippen molar-refractivity contribution in [1.29, 1.82) is 0 Å². The van der Waals surface area contributed by atoms with E-state index in [-0.39, 0.29) is 10.6 Å². The smallest absolute Gasteiger partial charge is 0.258 e. The molecule has 2 aromatic rings. The van der Waals surface area contributed by atoms with Gasteiger partial charge in [0.15, 0.2) is 0 Å². The van der Waals surface area contributed by atoms with Gasteiger partial charge < -0.3 is 0 Å². The number of rotatable bonds is 5. The van der Waals surface area contributed by atoms with Gasteiger partial charge in [-0.25, -0.2) is 13.4 Å². The van der Waals surface area contributed by atoms with E-state index in [0.717, 1.165) is 23.5 Å². The summed E-state index contributed by atoms with van der Waals surface area (Å²) in [6.45, 7) is 3.45. The van der Waals surface area contributed by atoms with Gasteiger partial charge in [-0.15, -0.1) is 11.3 Å². The van der Waals surface area contributed by atoms with Crippen LogP contribution in [-0.2, 0) is 15.6 Å². The molecular weight excluding hydrogens is 362 g/mol. The zero-order valence-electron chi connectivity index (χ0n) is 14.0. The number of thiazole rings is 1. The van der Waals surface area contributed by atoms with Crippen LogP contribution in [0.2, 0.25) is 0 Å². The number of nitro benzene ring substituents is 1. The van der Waals surface area contributed by atoms with E-state index in [1.165, 1.54) is 29.5 Å². The zero-order chi connectivity index (χ0) is 18.2. The number of aryl methyl sites for hydroxylation is 2. The molecule has 0 saturated heterocycles. The highest BCUT2D eigenvalue weighted by molar-refractivity contribution is 7.89. The van der Waals surface area contributed by atoms with Crippen LogP contribution in [0.1, 0.15) is 41.9 Å². The van der Waals surface area contributed by atoms with Crippen LogP contribution >= 0.6 is 11.3 Å². The minimum Gasteiger partial charge on any atom is -0.258 e. The number of aromatic nitrogens is 1. The summed E-state index contributed by atoms with van der Waals surface area (Å²) in [6.07, 6.45) is 3.26. The molecule has 1 aliphatic rings. The molecule has 0 aliphatic heterocycles. The summed E-state index contributed by atoms with van der Waals surface area (Å²) in [5.41, 5.74) is 0.413. The molecule has 7 nitrogen and oxygen atoms in total. The third-order valence-electron chi connectivity index (χ3n) is 4.47. The summed E-state index contributed by atoms with van der Waals surface area (Å²) in [7, 11) is -3.82. The van der Waals surface area contributed by atoms with E-state index < -0.39 is 20.5 Å². The minimum atomic E-state index is -3.82. The second kappa shape index (κ2) is 6.47. The van der Waals surface area contributed by atoms with E-state index in [1.807, 2.05) is 12.3 Å². The predicted octanol–water partition coefficient (Wildman–Crippen LogP) is 3.42. The molecule has 25 heavy (non-hydrogen) atoms. The Kier molecular flexibility index (Phi) is 4.65. The number of sulfonamides is 1. The maximum atomic E-state index is 13.0. The summed E-state index contributed by atoms with van der Waals surface area (Å²) >= 11 is 1.46. The van der Waals surface area contributed by atoms with Gasteiger partial charge in [0.25, 0.3) is 5.69 Å². The highest BCUT2D eigenvalue weighted by Gasteiger charge is 2.42. The monoisotopic (exact) mass is 381 g/mol. The zero-order valence-corrected chi connectivity index (χ0v) is 15.6. The van der Waals surface area contributed by atoms with E-state index in [0.29, 0.717) is 18.4 Å². The predicted molar refractivity (Wildman–Crippen MR) is 95.2 cm³/mol.